The molecule has 1 aliphatic rings. The summed E-state index contributed by atoms with van der Waals surface area (Å²) in [5.74, 6) is -0.351. The number of nitrogens with two attached hydrogens (primary N) is 1. The molecule has 2 rings (SSSR count). The van der Waals surface area contributed by atoms with E-state index in [1.807, 2.05) is 36.6 Å². The highest BCUT2D eigenvalue weighted by molar-refractivity contribution is 7.98. The van der Waals surface area contributed by atoms with Gasteiger partial charge in [0.2, 0.25) is 5.91 Å². The molecule has 0 bridgehead atoms. The topological polar surface area (TPSA) is 113 Å². The summed E-state index contributed by atoms with van der Waals surface area (Å²) < 4.78 is 1.40. The number of imide groups is 1. The molecular weight excluding hydrogens is 338 g/mol. The summed E-state index contributed by atoms with van der Waals surface area (Å²) >= 11 is 2.87. The SMILES string of the molecule is CSCCC(N)C(=O)O.O=C1CN(Sc2ccccc2)C(=O)N1. The fourth-order valence-corrected chi connectivity index (χ4v) is 2.81. The van der Waals surface area contributed by atoms with Crippen molar-refractivity contribution in [2.24, 2.45) is 5.73 Å². The zero-order valence-corrected chi connectivity index (χ0v) is 14.2. The first-order chi connectivity index (χ1) is 10.9. The molecule has 0 aromatic heterocycles. The van der Waals surface area contributed by atoms with Gasteiger partial charge in [0.05, 0.1) is 0 Å². The summed E-state index contributed by atoms with van der Waals surface area (Å²) in [4.78, 5) is 33.0. The Morgan fingerprint density at radius 2 is 2.04 bits per heavy atom. The van der Waals surface area contributed by atoms with Crippen molar-refractivity contribution in [1.82, 2.24) is 9.62 Å². The Morgan fingerprint density at radius 1 is 1.39 bits per heavy atom. The van der Waals surface area contributed by atoms with E-state index >= 15 is 0 Å². The maximum absolute atomic E-state index is 11.2. The van der Waals surface area contributed by atoms with Crippen molar-refractivity contribution in [3.63, 3.8) is 0 Å². The fraction of sp³-hybridized carbons (Fsp3) is 0.357. The summed E-state index contributed by atoms with van der Waals surface area (Å²) in [6.07, 6.45) is 2.48. The second-order valence-corrected chi connectivity index (χ2v) is 6.60. The number of hydrogen-bond donors (Lipinski definition) is 3. The van der Waals surface area contributed by atoms with Gasteiger partial charge >= 0.3 is 12.0 Å². The molecule has 1 aliphatic heterocycles. The largest absolute Gasteiger partial charge is 0.480 e. The van der Waals surface area contributed by atoms with Crippen LogP contribution in [0.5, 0.6) is 0 Å². The maximum atomic E-state index is 11.2. The first-order valence-electron chi connectivity index (χ1n) is 6.75. The van der Waals surface area contributed by atoms with Crippen molar-refractivity contribution in [2.45, 2.75) is 17.4 Å². The summed E-state index contributed by atoms with van der Waals surface area (Å²) in [5.41, 5.74) is 5.19. The number of rotatable bonds is 6. The van der Waals surface area contributed by atoms with E-state index in [0.29, 0.717) is 6.42 Å². The highest BCUT2D eigenvalue weighted by Gasteiger charge is 2.27. The Kier molecular flexibility index (Phi) is 8.52. The number of carbonyl (C=O) groups excluding carboxylic acids is 2. The lowest BCUT2D eigenvalue weighted by molar-refractivity contribution is -0.138. The molecule has 0 spiro atoms. The van der Waals surface area contributed by atoms with Crippen LogP contribution in [-0.4, -0.2) is 51.9 Å². The first-order valence-corrected chi connectivity index (χ1v) is 8.92. The molecule has 0 radical (unpaired) electrons. The molecule has 1 aromatic carbocycles. The lowest BCUT2D eigenvalue weighted by atomic mass is 10.2. The molecule has 1 saturated heterocycles. The third kappa shape index (κ3) is 7.40. The molecule has 1 aromatic rings. The monoisotopic (exact) mass is 357 g/mol. The zero-order chi connectivity index (χ0) is 17.2. The van der Waals surface area contributed by atoms with Crippen LogP contribution in [0.2, 0.25) is 0 Å². The summed E-state index contributed by atoms with van der Waals surface area (Å²) in [6, 6.07) is 8.43. The number of urea groups is 1. The molecule has 4 N–H and O–H groups in total. The van der Waals surface area contributed by atoms with Gasteiger partial charge in [-0.25, -0.2) is 4.79 Å². The highest BCUT2D eigenvalue weighted by Crippen LogP contribution is 2.23. The molecule has 9 heteroatoms. The molecule has 3 amide bonds. The minimum atomic E-state index is -0.913. The molecule has 0 saturated carbocycles. The standard InChI is InChI=1S/C9H8N2O2S.C5H11NO2S/c12-8-6-11(9(13)10-8)14-7-4-2-1-3-5-7;1-9-3-2-4(6)5(7)8/h1-5H,6H2,(H,10,12,13);4H,2-3,6H2,1H3,(H,7,8). The first kappa shape index (κ1) is 19.3. The number of carboxylic acids is 1. The van der Waals surface area contributed by atoms with Gasteiger partial charge < -0.3 is 10.8 Å². The smallest absolute Gasteiger partial charge is 0.334 e. The van der Waals surface area contributed by atoms with Crippen molar-refractivity contribution in [2.75, 3.05) is 18.6 Å². The minimum absolute atomic E-state index is 0.123. The van der Waals surface area contributed by atoms with E-state index in [0.717, 1.165) is 10.6 Å². The van der Waals surface area contributed by atoms with E-state index in [1.54, 1.807) is 11.8 Å². The van der Waals surface area contributed by atoms with Gasteiger partial charge in [-0.2, -0.15) is 11.8 Å². The van der Waals surface area contributed by atoms with Crippen molar-refractivity contribution in [3.8, 4) is 0 Å². The van der Waals surface area contributed by atoms with Gasteiger partial charge in [-0.3, -0.25) is 19.2 Å². The van der Waals surface area contributed by atoms with Crippen molar-refractivity contribution in [1.29, 1.82) is 0 Å². The molecule has 0 aliphatic carbocycles. The number of thioether (sulfide) groups is 1. The van der Waals surface area contributed by atoms with Crippen LogP contribution in [0.25, 0.3) is 0 Å². The predicted molar refractivity (Wildman–Crippen MR) is 91.2 cm³/mol. The van der Waals surface area contributed by atoms with Crippen LogP contribution >= 0.6 is 23.7 Å². The quantitative estimate of drug-likeness (QED) is 0.521. The lowest BCUT2D eigenvalue weighted by Gasteiger charge is -2.10. The normalized spacial score (nSPS) is 14.8. The van der Waals surface area contributed by atoms with Crippen LogP contribution < -0.4 is 11.1 Å². The molecule has 1 unspecified atom stereocenters. The molecule has 1 fully saturated rings. The van der Waals surface area contributed by atoms with Crippen LogP contribution in [-0.2, 0) is 9.59 Å². The number of hydrogen-bond acceptors (Lipinski definition) is 6. The number of nitrogens with zero attached hydrogens (tertiary/aromatic N) is 1. The Hall–Kier alpha value is -1.71. The van der Waals surface area contributed by atoms with Gasteiger partial charge in [0.15, 0.2) is 0 Å². The van der Waals surface area contributed by atoms with Gasteiger partial charge in [-0.15, -0.1) is 0 Å². The Bertz CT molecular complexity index is 542. The Morgan fingerprint density at radius 3 is 2.52 bits per heavy atom. The molecule has 1 atom stereocenters. The van der Waals surface area contributed by atoms with Gasteiger partial charge in [0, 0.05) is 4.90 Å². The van der Waals surface area contributed by atoms with E-state index in [4.69, 9.17) is 10.8 Å². The second kappa shape index (κ2) is 10.1. The van der Waals surface area contributed by atoms with Gasteiger partial charge in [0.1, 0.15) is 12.6 Å². The summed E-state index contributed by atoms with van der Waals surface area (Å²) in [7, 11) is 0. The van der Waals surface area contributed by atoms with E-state index < -0.39 is 12.0 Å². The Labute approximate surface area is 143 Å². The Balaban J connectivity index is 0.000000257. The highest BCUT2D eigenvalue weighted by atomic mass is 32.2. The molecule has 7 nitrogen and oxygen atoms in total. The number of nitrogens with one attached hydrogen (secondary N) is 1. The van der Waals surface area contributed by atoms with E-state index in [-0.39, 0.29) is 18.5 Å². The number of carboxylic acid groups (broad SMARTS) is 1. The molecule has 1 heterocycles. The zero-order valence-electron chi connectivity index (χ0n) is 12.6. The number of amides is 3. The number of carbonyl (C=O) groups is 3. The van der Waals surface area contributed by atoms with Crippen LogP contribution in [0.1, 0.15) is 6.42 Å². The second-order valence-electron chi connectivity index (χ2n) is 4.52. The minimum Gasteiger partial charge on any atom is -0.480 e. The van der Waals surface area contributed by atoms with E-state index in [1.165, 1.54) is 16.3 Å². The van der Waals surface area contributed by atoms with Crippen LogP contribution in [0.3, 0.4) is 0 Å². The third-order valence-electron chi connectivity index (χ3n) is 2.67. The molecule has 23 heavy (non-hydrogen) atoms. The van der Waals surface area contributed by atoms with Crippen molar-refractivity contribution in [3.05, 3.63) is 30.3 Å². The number of aliphatic carboxylic acids is 1. The van der Waals surface area contributed by atoms with Crippen LogP contribution in [0.4, 0.5) is 4.79 Å². The van der Waals surface area contributed by atoms with Crippen LogP contribution in [0.15, 0.2) is 35.2 Å². The lowest BCUT2D eigenvalue weighted by Crippen LogP contribution is -2.30. The van der Waals surface area contributed by atoms with E-state index in [9.17, 15) is 14.4 Å². The van der Waals surface area contributed by atoms with Gasteiger partial charge in [0.25, 0.3) is 0 Å². The number of benzene rings is 1. The van der Waals surface area contributed by atoms with Crippen molar-refractivity contribution < 1.29 is 19.5 Å². The van der Waals surface area contributed by atoms with Gasteiger partial charge in [-0.1, -0.05) is 18.2 Å². The summed E-state index contributed by atoms with van der Waals surface area (Å²) in [6.45, 7) is 0.123. The average molecular weight is 357 g/mol. The fourth-order valence-electron chi connectivity index (χ4n) is 1.47. The van der Waals surface area contributed by atoms with E-state index in [2.05, 4.69) is 5.32 Å². The molecular formula is C14H19N3O4S2. The predicted octanol–water partition coefficient (Wildman–Crippen LogP) is 1.40. The van der Waals surface area contributed by atoms with Crippen molar-refractivity contribution >= 4 is 41.6 Å². The average Bonchev–Trinajstić information content (AvgIpc) is 2.84. The maximum Gasteiger partial charge on any atom is 0.334 e. The van der Waals surface area contributed by atoms with Crippen LogP contribution in [0, 0.1) is 0 Å². The third-order valence-corrected chi connectivity index (χ3v) is 4.31. The van der Waals surface area contributed by atoms with Gasteiger partial charge in [-0.05, 0) is 42.5 Å². The molecule has 126 valence electrons. The summed E-state index contributed by atoms with van der Waals surface area (Å²) in [5, 5.41) is 10.5.